The number of aliphatic imine (C=N–C) groups is 1. The molecule has 138 valence electrons. The molecule has 2 aliphatic rings. The van der Waals surface area contributed by atoms with Crippen LogP contribution >= 0.6 is 11.6 Å². The lowest BCUT2D eigenvalue weighted by molar-refractivity contribution is 0.0992. The molecular formula is C18H22ClN5O2. The van der Waals surface area contributed by atoms with E-state index in [1.807, 2.05) is 24.3 Å². The minimum Gasteiger partial charge on any atom is -0.373 e. The highest BCUT2D eigenvalue weighted by atomic mass is 35.5. The Labute approximate surface area is 157 Å². The molecule has 1 aromatic carbocycles. The van der Waals surface area contributed by atoms with Gasteiger partial charge >= 0.3 is 0 Å². The van der Waals surface area contributed by atoms with E-state index >= 15 is 0 Å². The van der Waals surface area contributed by atoms with Gasteiger partial charge in [-0.25, -0.2) is 0 Å². The van der Waals surface area contributed by atoms with Gasteiger partial charge in [0.25, 0.3) is 0 Å². The van der Waals surface area contributed by atoms with Crippen molar-refractivity contribution < 1.29 is 9.26 Å². The van der Waals surface area contributed by atoms with Gasteiger partial charge in [-0.1, -0.05) is 28.9 Å². The number of halogens is 1. The molecule has 2 bridgehead atoms. The summed E-state index contributed by atoms with van der Waals surface area (Å²) in [5.74, 6) is 1.90. The monoisotopic (exact) mass is 375 g/mol. The van der Waals surface area contributed by atoms with Crippen LogP contribution in [0, 0.1) is 0 Å². The van der Waals surface area contributed by atoms with Gasteiger partial charge in [0.1, 0.15) is 0 Å². The first kappa shape index (κ1) is 17.3. The largest absolute Gasteiger partial charge is 0.373 e. The molecule has 0 aliphatic carbocycles. The van der Waals surface area contributed by atoms with Gasteiger partial charge in [-0.15, -0.1) is 0 Å². The van der Waals surface area contributed by atoms with Crippen molar-refractivity contribution in [2.24, 2.45) is 4.99 Å². The Balaban J connectivity index is 1.27. The summed E-state index contributed by atoms with van der Waals surface area (Å²) in [5, 5.41) is 11.4. The molecule has 4 rings (SSSR count). The van der Waals surface area contributed by atoms with Crippen molar-refractivity contribution in [2.45, 2.75) is 43.9 Å². The normalized spacial score (nSPS) is 24.8. The van der Waals surface area contributed by atoms with Gasteiger partial charge in [-0.2, -0.15) is 4.98 Å². The SMILES string of the molecule is CN=C(NCCc1nc(-c2cccc(Cl)c2)no1)NC1CC2CCC1O2. The van der Waals surface area contributed by atoms with Gasteiger partial charge in [0.2, 0.25) is 11.7 Å². The number of benzene rings is 1. The predicted molar refractivity (Wildman–Crippen MR) is 99.2 cm³/mol. The third kappa shape index (κ3) is 3.83. The Kier molecular flexibility index (Phi) is 5.08. The molecule has 3 heterocycles. The van der Waals surface area contributed by atoms with Crippen molar-refractivity contribution in [3.63, 3.8) is 0 Å². The van der Waals surface area contributed by atoms with E-state index in [0.29, 0.717) is 48.0 Å². The van der Waals surface area contributed by atoms with Crippen LogP contribution in [-0.4, -0.2) is 47.9 Å². The molecule has 0 saturated carbocycles. The molecule has 2 aliphatic heterocycles. The summed E-state index contributed by atoms with van der Waals surface area (Å²) in [5.41, 5.74) is 0.842. The lowest BCUT2D eigenvalue weighted by atomic mass is 9.96. The fourth-order valence-electron chi connectivity index (χ4n) is 3.55. The molecule has 0 amide bonds. The van der Waals surface area contributed by atoms with E-state index in [0.717, 1.165) is 24.4 Å². The Morgan fingerprint density at radius 2 is 2.31 bits per heavy atom. The second-order valence-corrected chi connectivity index (χ2v) is 7.07. The van der Waals surface area contributed by atoms with Gasteiger partial charge in [-0.05, 0) is 31.4 Å². The van der Waals surface area contributed by atoms with Crippen LogP contribution in [0.5, 0.6) is 0 Å². The lowest BCUT2D eigenvalue weighted by Crippen LogP contribution is -2.47. The molecule has 0 radical (unpaired) electrons. The molecule has 8 heteroatoms. The minimum atomic E-state index is 0.315. The van der Waals surface area contributed by atoms with Crippen LogP contribution in [0.3, 0.4) is 0 Å². The topological polar surface area (TPSA) is 84.6 Å². The summed E-state index contributed by atoms with van der Waals surface area (Å²) in [4.78, 5) is 8.71. The molecule has 2 N–H and O–H groups in total. The van der Waals surface area contributed by atoms with Crippen LogP contribution in [0.1, 0.15) is 25.2 Å². The molecule has 3 unspecified atom stereocenters. The van der Waals surface area contributed by atoms with Crippen LogP contribution in [0.2, 0.25) is 5.02 Å². The van der Waals surface area contributed by atoms with Crippen LogP contribution in [-0.2, 0) is 11.2 Å². The highest BCUT2D eigenvalue weighted by Crippen LogP contribution is 2.34. The first-order valence-electron chi connectivity index (χ1n) is 8.92. The lowest BCUT2D eigenvalue weighted by Gasteiger charge is -2.22. The molecule has 1 aromatic heterocycles. The van der Waals surface area contributed by atoms with Crippen molar-refractivity contribution in [3.05, 3.63) is 35.2 Å². The van der Waals surface area contributed by atoms with Crippen molar-refractivity contribution >= 4 is 17.6 Å². The number of aromatic nitrogens is 2. The van der Waals surface area contributed by atoms with Crippen LogP contribution in [0.15, 0.2) is 33.8 Å². The zero-order valence-electron chi connectivity index (χ0n) is 14.6. The van der Waals surface area contributed by atoms with Crippen LogP contribution in [0.4, 0.5) is 0 Å². The average molecular weight is 376 g/mol. The number of fused-ring (bicyclic) bond motifs is 2. The van der Waals surface area contributed by atoms with Crippen molar-refractivity contribution in [1.82, 2.24) is 20.8 Å². The molecule has 7 nitrogen and oxygen atoms in total. The second kappa shape index (κ2) is 7.63. The van der Waals surface area contributed by atoms with E-state index in [2.05, 4.69) is 25.8 Å². The number of hydrogen-bond donors (Lipinski definition) is 2. The number of guanidine groups is 1. The summed E-state index contributed by atoms with van der Waals surface area (Å²) < 4.78 is 11.2. The fourth-order valence-corrected chi connectivity index (χ4v) is 3.74. The Morgan fingerprint density at radius 1 is 1.38 bits per heavy atom. The van der Waals surface area contributed by atoms with E-state index in [-0.39, 0.29) is 0 Å². The summed E-state index contributed by atoms with van der Waals surface area (Å²) in [7, 11) is 1.77. The maximum atomic E-state index is 6.00. The number of hydrogen-bond acceptors (Lipinski definition) is 5. The summed E-state index contributed by atoms with van der Waals surface area (Å²) in [6.07, 6.45) is 4.71. The zero-order valence-corrected chi connectivity index (χ0v) is 15.4. The Bertz CT molecular complexity index is 793. The first-order chi connectivity index (χ1) is 12.7. The average Bonchev–Trinajstić information content (AvgIpc) is 3.38. The molecule has 2 fully saturated rings. The van der Waals surface area contributed by atoms with Gasteiger partial charge in [-0.3, -0.25) is 4.99 Å². The molecule has 0 spiro atoms. The molecular weight excluding hydrogens is 354 g/mol. The standard InChI is InChI=1S/C18H22ClN5O2/c1-20-18(22-14-10-13-5-6-15(14)25-13)21-8-7-16-23-17(24-26-16)11-3-2-4-12(19)9-11/h2-4,9,13-15H,5-8,10H2,1H3,(H2,20,21,22). The maximum Gasteiger partial charge on any atom is 0.228 e. The van der Waals surface area contributed by atoms with E-state index < -0.39 is 0 Å². The smallest absolute Gasteiger partial charge is 0.228 e. The van der Waals surface area contributed by atoms with Crippen molar-refractivity contribution in [3.8, 4) is 11.4 Å². The number of nitrogens with zero attached hydrogens (tertiary/aromatic N) is 3. The predicted octanol–water partition coefficient (Wildman–Crippen LogP) is 2.42. The maximum absolute atomic E-state index is 6.00. The molecule has 26 heavy (non-hydrogen) atoms. The van der Waals surface area contributed by atoms with Gasteiger partial charge in [0.15, 0.2) is 5.96 Å². The van der Waals surface area contributed by atoms with Gasteiger partial charge in [0.05, 0.1) is 18.2 Å². The zero-order chi connectivity index (χ0) is 17.9. The van der Waals surface area contributed by atoms with Crippen molar-refractivity contribution in [1.29, 1.82) is 0 Å². The van der Waals surface area contributed by atoms with Gasteiger partial charge < -0.3 is 19.9 Å². The minimum absolute atomic E-state index is 0.315. The van der Waals surface area contributed by atoms with Gasteiger partial charge in [0, 0.05) is 30.6 Å². The third-order valence-corrected chi connectivity index (χ3v) is 5.07. The Morgan fingerprint density at radius 3 is 3.04 bits per heavy atom. The number of nitrogens with one attached hydrogen (secondary N) is 2. The highest BCUT2D eigenvalue weighted by molar-refractivity contribution is 6.30. The van der Waals surface area contributed by atoms with Crippen LogP contribution in [0.25, 0.3) is 11.4 Å². The Hall–Kier alpha value is -2.12. The van der Waals surface area contributed by atoms with E-state index in [9.17, 15) is 0 Å². The number of ether oxygens (including phenoxy) is 1. The summed E-state index contributed by atoms with van der Waals surface area (Å²) in [6, 6.07) is 7.75. The second-order valence-electron chi connectivity index (χ2n) is 6.63. The first-order valence-corrected chi connectivity index (χ1v) is 9.30. The van der Waals surface area contributed by atoms with Crippen LogP contribution < -0.4 is 10.6 Å². The quantitative estimate of drug-likeness (QED) is 0.616. The highest BCUT2D eigenvalue weighted by Gasteiger charge is 2.41. The molecule has 3 atom stereocenters. The van der Waals surface area contributed by atoms with Crippen molar-refractivity contribution in [2.75, 3.05) is 13.6 Å². The summed E-state index contributed by atoms with van der Waals surface area (Å²) in [6.45, 7) is 0.651. The molecule has 2 saturated heterocycles. The van der Waals surface area contributed by atoms with E-state index in [1.54, 1.807) is 7.05 Å². The van der Waals surface area contributed by atoms with E-state index in [1.165, 1.54) is 6.42 Å². The third-order valence-electron chi connectivity index (χ3n) is 4.83. The number of rotatable bonds is 5. The van der Waals surface area contributed by atoms with E-state index in [4.69, 9.17) is 20.9 Å². The fraction of sp³-hybridized carbons (Fsp3) is 0.500. The molecule has 2 aromatic rings. The summed E-state index contributed by atoms with van der Waals surface area (Å²) >= 11 is 6.00.